The van der Waals surface area contributed by atoms with Crippen molar-refractivity contribution in [3.8, 4) is 0 Å². The molecule has 1 aliphatic rings. The maximum atomic E-state index is 5.89. The molecule has 0 bridgehead atoms. The number of halogens is 1. The lowest BCUT2D eigenvalue weighted by Gasteiger charge is -2.20. The molecule has 0 radical (unpaired) electrons. The van der Waals surface area contributed by atoms with Crippen molar-refractivity contribution in [2.75, 3.05) is 19.8 Å². The molecule has 0 spiro atoms. The van der Waals surface area contributed by atoms with Crippen LogP contribution in [-0.2, 0) is 9.47 Å². The zero-order valence-corrected chi connectivity index (χ0v) is 9.82. The van der Waals surface area contributed by atoms with Crippen LogP contribution in [0.15, 0.2) is 24.3 Å². The minimum absolute atomic E-state index is 0.0658. The average Bonchev–Trinajstić information content (AvgIpc) is 2.80. The molecule has 0 aromatic heterocycles. The van der Waals surface area contributed by atoms with Gasteiger partial charge in [-0.25, -0.2) is 0 Å². The van der Waals surface area contributed by atoms with Gasteiger partial charge in [0.1, 0.15) is 0 Å². The van der Waals surface area contributed by atoms with Gasteiger partial charge in [-0.1, -0.05) is 23.7 Å². The first kappa shape index (κ1) is 11.9. The van der Waals surface area contributed by atoms with Crippen molar-refractivity contribution in [1.29, 1.82) is 0 Å². The van der Waals surface area contributed by atoms with Crippen LogP contribution in [0.3, 0.4) is 0 Å². The molecule has 2 rings (SSSR count). The van der Waals surface area contributed by atoms with E-state index in [2.05, 4.69) is 0 Å². The zero-order valence-electron chi connectivity index (χ0n) is 9.06. The fourth-order valence-electron chi connectivity index (χ4n) is 1.80. The quantitative estimate of drug-likeness (QED) is 0.879. The molecule has 1 saturated heterocycles. The van der Waals surface area contributed by atoms with Crippen molar-refractivity contribution >= 4 is 11.6 Å². The minimum Gasteiger partial charge on any atom is -0.379 e. The smallest absolute Gasteiger partial charge is 0.0952 e. The molecule has 0 aliphatic carbocycles. The van der Waals surface area contributed by atoms with Gasteiger partial charge in [0.25, 0.3) is 0 Å². The first-order valence-electron chi connectivity index (χ1n) is 5.48. The van der Waals surface area contributed by atoms with E-state index >= 15 is 0 Å². The lowest BCUT2D eigenvalue weighted by molar-refractivity contribution is -0.0125. The SMILES string of the molecule is NCC(OC1CCOC1)c1ccc(Cl)cc1. The van der Waals surface area contributed by atoms with E-state index in [1.165, 1.54) is 0 Å². The van der Waals surface area contributed by atoms with Crippen molar-refractivity contribution in [1.82, 2.24) is 0 Å². The highest BCUT2D eigenvalue weighted by Gasteiger charge is 2.21. The highest BCUT2D eigenvalue weighted by atomic mass is 35.5. The van der Waals surface area contributed by atoms with Crippen LogP contribution >= 0.6 is 11.6 Å². The first-order chi connectivity index (χ1) is 7.79. The van der Waals surface area contributed by atoms with Crippen molar-refractivity contribution < 1.29 is 9.47 Å². The van der Waals surface area contributed by atoms with E-state index < -0.39 is 0 Å². The van der Waals surface area contributed by atoms with E-state index in [9.17, 15) is 0 Å². The molecule has 1 aromatic rings. The monoisotopic (exact) mass is 241 g/mol. The first-order valence-corrected chi connectivity index (χ1v) is 5.86. The van der Waals surface area contributed by atoms with Gasteiger partial charge in [-0.05, 0) is 24.1 Å². The second-order valence-electron chi connectivity index (χ2n) is 3.90. The molecule has 4 heteroatoms. The molecular weight excluding hydrogens is 226 g/mol. The van der Waals surface area contributed by atoms with Gasteiger partial charge in [-0.2, -0.15) is 0 Å². The predicted octanol–water partition coefficient (Wildman–Crippen LogP) is 2.15. The van der Waals surface area contributed by atoms with E-state index in [-0.39, 0.29) is 12.2 Å². The van der Waals surface area contributed by atoms with Gasteiger partial charge in [0.2, 0.25) is 0 Å². The Hall–Kier alpha value is -0.610. The topological polar surface area (TPSA) is 44.5 Å². The Kier molecular flexibility index (Phi) is 4.18. The minimum atomic E-state index is -0.0658. The number of rotatable bonds is 4. The van der Waals surface area contributed by atoms with Crippen LogP contribution in [0.2, 0.25) is 5.02 Å². The van der Waals surface area contributed by atoms with Gasteiger partial charge in [-0.3, -0.25) is 0 Å². The summed E-state index contributed by atoms with van der Waals surface area (Å²) in [6.45, 7) is 1.92. The third-order valence-corrected chi connectivity index (χ3v) is 2.95. The summed E-state index contributed by atoms with van der Waals surface area (Å²) in [6.07, 6.45) is 1.05. The van der Waals surface area contributed by atoms with E-state index in [1.54, 1.807) is 0 Å². The third kappa shape index (κ3) is 2.95. The molecule has 2 atom stereocenters. The van der Waals surface area contributed by atoms with Crippen molar-refractivity contribution in [2.24, 2.45) is 5.73 Å². The molecule has 2 N–H and O–H groups in total. The van der Waals surface area contributed by atoms with Crippen molar-refractivity contribution in [3.63, 3.8) is 0 Å². The Bertz CT molecular complexity index is 322. The molecule has 0 amide bonds. The predicted molar refractivity (Wildman–Crippen MR) is 63.6 cm³/mol. The van der Waals surface area contributed by atoms with Gasteiger partial charge in [-0.15, -0.1) is 0 Å². The summed E-state index contributed by atoms with van der Waals surface area (Å²) >= 11 is 5.84. The van der Waals surface area contributed by atoms with Gasteiger partial charge in [0.05, 0.1) is 18.8 Å². The van der Waals surface area contributed by atoms with Crippen LogP contribution in [0, 0.1) is 0 Å². The van der Waals surface area contributed by atoms with Crippen LogP contribution in [0.5, 0.6) is 0 Å². The summed E-state index contributed by atoms with van der Waals surface area (Å²) in [5.74, 6) is 0. The van der Waals surface area contributed by atoms with Crippen LogP contribution in [0.4, 0.5) is 0 Å². The second kappa shape index (κ2) is 5.64. The molecule has 3 nitrogen and oxygen atoms in total. The fraction of sp³-hybridized carbons (Fsp3) is 0.500. The van der Waals surface area contributed by atoms with Crippen LogP contribution < -0.4 is 5.73 Å². The van der Waals surface area contributed by atoms with Gasteiger partial charge in [0, 0.05) is 18.2 Å². The Morgan fingerprint density at radius 3 is 2.75 bits per heavy atom. The molecule has 16 heavy (non-hydrogen) atoms. The van der Waals surface area contributed by atoms with Gasteiger partial charge >= 0.3 is 0 Å². The highest BCUT2D eigenvalue weighted by Crippen LogP contribution is 2.22. The Balaban J connectivity index is 2.00. The van der Waals surface area contributed by atoms with E-state index in [0.29, 0.717) is 13.2 Å². The number of benzene rings is 1. The summed E-state index contributed by atoms with van der Waals surface area (Å²) in [7, 11) is 0. The summed E-state index contributed by atoms with van der Waals surface area (Å²) in [4.78, 5) is 0. The standard InChI is InChI=1S/C12H16ClNO2/c13-10-3-1-9(2-4-10)12(7-14)16-11-5-6-15-8-11/h1-4,11-12H,5-8,14H2. The van der Waals surface area contributed by atoms with Gasteiger partial charge in [0.15, 0.2) is 0 Å². The summed E-state index contributed by atoms with van der Waals surface area (Å²) < 4.78 is 11.2. The average molecular weight is 242 g/mol. The third-order valence-electron chi connectivity index (χ3n) is 2.70. The molecule has 2 unspecified atom stereocenters. The normalized spacial score (nSPS) is 22.2. The molecular formula is C12H16ClNO2. The molecule has 88 valence electrons. The Morgan fingerprint density at radius 1 is 1.44 bits per heavy atom. The lowest BCUT2D eigenvalue weighted by Crippen LogP contribution is -2.22. The zero-order chi connectivity index (χ0) is 11.4. The van der Waals surface area contributed by atoms with Crippen molar-refractivity contribution in [2.45, 2.75) is 18.6 Å². The molecule has 1 aliphatic heterocycles. The number of hydrogen-bond donors (Lipinski definition) is 1. The number of hydrogen-bond acceptors (Lipinski definition) is 3. The highest BCUT2D eigenvalue weighted by molar-refractivity contribution is 6.30. The van der Waals surface area contributed by atoms with Crippen molar-refractivity contribution in [3.05, 3.63) is 34.9 Å². The van der Waals surface area contributed by atoms with Crippen LogP contribution in [0.1, 0.15) is 18.1 Å². The molecule has 1 fully saturated rings. The molecule has 1 heterocycles. The summed E-state index contributed by atoms with van der Waals surface area (Å²) in [5.41, 5.74) is 6.79. The number of ether oxygens (including phenoxy) is 2. The Labute approximate surface area is 100 Å². The maximum absolute atomic E-state index is 5.89. The molecule has 1 aromatic carbocycles. The van der Waals surface area contributed by atoms with Gasteiger partial charge < -0.3 is 15.2 Å². The van der Waals surface area contributed by atoms with E-state index in [1.807, 2.05) is 24.3 Å². The number of nitrogens with two attached hydrogens (primary N) is 1. The van der Waals surface area contributed by atoms with E-state index in [4.69, 9.17) is 26.8 Å². The second-order valence-corrected chi connectivity index (χ2v) is 4.33. The Morgan fingerprint density at radius 2 is 2.19 bits per heavy atom. The maximum Gasteiger partial charge on any atom is 0.0952 e. The lowest BCUT2D eigenvalue weighted by atomic mass is 10.1. The largest absolute Gasteiger partial charge is 0.379 e. The fourth-order valence-corrected chi connectivity index (χ4v) is 1.93. The van der Waals surface area contributed by atoms with Crippen LogP contribution in [-0.4, -0.2) is 25.9 Å². The molecule has 0 saturated carbocycles. The van der Waals surface area contributed by atoms with Crippen LogP contribution in [0.25, 0.3) is 0 Å². The van der Waals surface area contributed by atoms with E-state index in [0.717, 1.165) is 23.6 Å². The summed E-state index contributed by atoms with van der Waals surface area (Å²) in [6, 6.07) is 7.62. The summed E-state index contributed by atoms with van der Waals surface area (Å²) in [5, 5.41) is 0.726.